The number of ether oxygens (including phenoxy) is 5. The number of rotatable bonds is 12. The number of azide groups is 1. The Balaban J connectivity index is 1.49. The van der Waals surface area contributed by atoms with Crippen molar-refractivity contribution in [1.82, 2.24) is 0 Å². The Hall–Kier alpha value is -3.54. The maximum absolute atomic E-state index is 12.3. The summed E-state index contributed by atoms with van der Waals surface area (Å²) in [6.07, 6.45) is -3.42. The van der Waals surface area contributed by atoms with Gasteiger partial charge in [-0.1, -0.05) is 138 Å². The Morgan fingerprint density at radius 3 is 1.90 bits per heavy atom. The number of hydrogen-bond donors (Lipinski definition) is 0. The normalized spacial score (nSPS) is 29.9. The first-order valence-corrected chi connectivity index (χ1v) is 19.9. The molecule has 0 saturated carbocycles. The summed E-state index contributed by atoms with van der Waals surface area (Å²) in [5.74, 6) is -1.00. The highest BCUT2D eigenvalue weighted by molar-refractivity contribution is 6.99. The fourth-order valence-electron chi connectivity index (χ4n) is 7.65. The topological polar surface area (TPSA) is 121 Å². The van der Waals surface area contributed by atoms with Gasteiger partial charge in [-0.05, 0) is 39.3 Å². The van der Waals surface area contributed by atoms with E-state index in [1.54, 1.807) is 0 Å². The molecule has 0 N–H and O–H groups in total. The van der Waals surface area contributed by atoms with E-state index in [1.807, 2.05) is 68.4 Å². The molecular weight excluding hydrogens is 663 g/mol. The Bertz CT molecular complexity index is 1560. The van der Waals surface area contributed by atoms with Crippen LogP contribution in [0.15, 0.2) is 96.1 Å². The van der Waals surface area contributed by atoms with Gasteiger partial charge in [-0.3, -0.25) is 4.79 Å². The van der Waals surface area contributed by atoms with Crippen molar-refractivity contribution in [2.75, 3.05) is 6.61 Å². The molecule has 4 unspecified atom stereocenters. The second kappa shape index (κ2) is 16.9. The number of hydrogen-bond acceptors (Lipinski definition) is 8. The SMILES string of the molecule is CC(=O)O[C@H]1OC(CO[Si](c2ccccc2)(c2ccccc2)C(C)(C)C)[C@H](O[C@@H]2OC(C)[C@@H](C)[C@@H](OCc3ccccc3)C2C)[C@H](C)C1N=[N+]=[N-]. The molecular formula is C40H53N3O7Si. The molecule has 2 aliphatic rings. The maximum Gasteiger partial charge on any atom is 0.304 e. The van der Waals surface area contributed by atoms with Crippen LogP contribution in [0.4, 0.5) is 0 Å². The van der Waals surface area contributed by atoms with Crippen molar-refractivity contribution < 1.29 is 32.9 Å². The predicted octanol–water partition coefficient (Wildman–Crippen LogP) is 7.15. The van der Waals surface area contributed by atoms with Crippen LogP contribution in [0, 0.1) is 17.8 Å². The van der Waals surface area contributed by atoms with Crippen LogP contribution in [-0.2, 0) is 39.5 Å². The van der Waals surface area contributed by atoms with E-state index in [-0.39, 0.29) is 35.7 Å². The molecule has 2 aliphatic heterocycles. The molecule has 0 bridgehead atoms. The molecule has 10 nitrogen and oxygen atoms in total. The van der Waals surface area contributed by atoms with E-state index in [1.165, 1.54) is 6.92 Å². The third kappa shape index (κ3) is 8.58. The van der Waals surface area contributed by atoms with Crippen LogP contribution < -0.4 is 10.4 Å². The van der Waals surface area contributed by atoms with E-state index in [0.29, 0.717) is 6.61 Å². The highest BCUT2D eigenvalue weighted by Gasteiger charge is 2.53. The number of carbonyl (C=O) groups is 1. The van der Waals surface area contributed by atoms with Crippen molar-refractivity contribution in [3.05, 3.63) is 107 Å². The number of nitrogens with zero attached hydrogens (tertiary/aromatic N) is 3. The van der Waals surface area contributed by atoms with Crippen LogP contribution in [0.5, 0.6) is 0 Å². The second-order valence-corrected chi connectivity index (χ2v) is 19.3. The highest BCUT2D eigenvalue weighted by Crippen LogP contribution is 2.40. The minimum absolute atomic E-state index is 0.113. The molecule has 0 amide bonds. The van der Waals surface area contributed by atoms with Crippen molar-refractivity contribution in [3.63, 3.8) is 0 Å². The maximum atomic E-state index is 12.3. The van der Waals surface area contributed by atoms with Gasteiger partial charge in [-0.25, -0.2) is 0 Å². The Morgan fingerprint density at radius 1 is 0.804 bits per heavy atom. The lowest BCUT2D eigenvalue weighted by atomic mass is 9.85. The summed E-state index contributed by atoms with van der Waals surface area (Å²) in [7, 11) is -2.99. The molecule has 2 fully saturated rings. The van der Waals surface area contributed by atoms with Crippen molar-refractivity contribution in [2.45, 2.75) is 110 Å². The minimum atomic E-state index is -2.99. The van der Waals surface area contributed by atoms with Crippen LogP contribution in [-0.4, -0.2) is 63.9 Å². The minimum Gasteiger partial charge on any atom is -0.435 e. The van der Waals surface area contributed by atoms with Crippen molar-refractivity contribution in [1.29, 1.82) is 0 Å². The van der Waals surface area contributed by atoms with E-state index < -0.39 is 51.0 Å². The van der Waals surface area contributed by atoms with E-state index in [2.05, 4.69) is 81.0 Å². The smallest absolute Gasteiger partial charge is 0.304 e. The average Bonchev–Trinajstić information content (AvgIpc) is 3.11. The molecule has 0 aromatic heterocycles. The van der Waals surface area contributed by atoms with E-state index >= 15 is 0 Å². The van der Waals surface area contributed by atoms with Crippen LogP contribution in [0.2, 0.25) is 5.04 Å². The number of benzene rings is 3. The molecule has 2 heterocycles. The molecule has 274 valence electrons. The molecule has 0 radical (unpaired) electrons. The highest BCUT2D eigenvalue weighted by atomic mass is 28.4. The summed E-state index contributed by atoms with van der Waals surface area (Å²) in [5, 5.41) is 6.01. The Kier molecular flexibility index (Phi) is 12.8. The summed E-state index contributed by atoms with van der Waals surface area (Å²) < 4.78 is 39.5. The van der Waals surface area contributed by atoms with Crippen molar-refractivity contribution in [2.24, 2.45) is 22.9 Å². The molecule has 3 aromatic carbocycles. The quantitative estimate of drug-likeness (QED) is 0.0642. The largest absolute Gasteiger partial charge is 0.435 e. The van der Waals surface area contributed by atoms with Crippen LogP contribution in [0.1, 0.15) is 61.0 Å². The number of esters is 1. The zero-order valence-corrected chi connectivity index (χ0v) is 32.0. The zero-order valence-electron chi connectivity index (χ0n) is 31.0. The monoisotopic (exact) mass is 715 g/mol. The number of carbonyl (C=O) groups excluding carboxylic acids is 1. The molecule has 51 heavy (non-hydrogen) atoms. The standard InChI is InChI=1S/C40H53N3O7Si/c1-26-29(4)47-38(28(3)36(26)45-24-31-18-12-9-13-19-31)50-37-27(2)35(42-43-41)39(48-30(5)44)49-34(37)25-46-51(40(6,7)8,32-20-14-10-15-21-32)33-22-16-11-17-23-33/h9-23,26-29,34-39H,24-25H2,1-8H3/t26-,27-,28?,29?,34?,35?,36-,37-,38+,39+/m1/s1. The average molecular weight is 716 g/mol. The molecule has 0 aliphatic carbocycles. The van der Waals surface area contributed by atoms with Gasteiger partial charge in [0.25, 0.3) is 8.32 Å². The first-order chi connectivity index (χ1) is 24.4. The van der Waals surface area contributed by atoms with Gasteiger partial charge < -0.3 is 28.1 Å². The Labute approximate surface area is 303 Å². The molecule has 5 rings (SSSR count). The van der Waals surface area contributed by atoms with Gasteiger partial charge in [0.2, 0.25) is 6.29 Å². The van der Waals surface area contributed by atoms with Crippen LogP contribution in [0.3, 0.4) is 0 Å². The van der Waals surface area contributed by atoms with E-state index in [9.17, 15) is 10.3 Å². The summed E-state index contributed by atoms with van der Waals surface area (Å²) in [6, 6.07) is 30.0. The van der Waals surface area contributed by atoms with E-state index in [4.69, 9.17) is 28.1 Å². The zero-order chi connectivity index (χ0) is 36.8. The molecule has 2 saturated heterocycles. The van der Waals surface area contributed by atoms with E-state index in [0.717, 1.165) is 15.9 Å². The van der Waals surface area contributed by atoms with Gasteiger partial charge in [0.15, 0.2) is 6.29 Å². The van der Waals surface area contributed by atoms with Crippen LogP contribution >= 0.6 is 0 Å². The molecule has 0 spiro atoms. The van der Waals surface area contributed by atoms with Gasteiger partial charge in [0.1, 0.15) is 12.1 Å². The van der Waals surface area contributed by atoms with Gasteiger partial charge in [-0.15, -0.1) is 0 Å². The molecule has 3 aromatic rings. The predicted molar refractivity (Wildman–Crippen MR) is 199 cm³/mol. The first kappa shape index (κ1) is 38.7. The summed E-state index contributed by atoms with van der Waals surface area (Å²) in [6.45, 7) is 16.7. The first-order valence-electron chi connectivity index (χ1n) is 18.0. The fraction of sp³-hybridized carbons (Fsp3) is 0.525. The van der Waals surface area contributed by atoms with Gasteiger partial charge in [0, 0.05) is 23.7 Å². The van der Waals surface area contributed by atoms with Crippen molar-refractivity contribution in [3.8, 4) is 0 Å². The lowest BCUT2D eigenvalue weighted by Gasteiger charge is -2.49. The fourth-order valence-corrected chi connectivity index (χ4v) is 12.2. The lowest BCUT2D eigenvalue weighted by molar-refractivity contribution is -0.320. The van der Waals surface area contributed by atoms with Gasteiger partial charge >= 0.3 is 5.97 Å². The second-order valence-electron chi connectivity index (χ2n) is 15.0. The molecule has 11 heteroatoms. The third-order valence-electron chi connectivity index (χ3n) is 10.5. The summed E-state index contributed by atoms with van der Waals surface area (Å²) in [5.41, 5.74) is 10.7. The van der Waals surface area contributed by atoms with Crippen LogP contribution in [0.25, 0.3) is 10.4 Å². The lowest BCUT2D eigenvalue weighted by Crippen LogP contribution is -2.68. The Morgan fingerprint density at radius 2 is 1.37 bits per heavy atom. The van der Waals surface area contributed by atoms with Gasteiger partial charge in [-0.2, -0.15) is 0 Å². The third-order valence-corrected chi connectivity index (χ3v) is 15.5. The molecule has 10 atom stereocenters. The van der Waals surface area contributed by atoms with Crippen molar-refractivity contribution >= 4 is 24.7 Å². The summed E-state index contributed by atoms with van der Waals surface area (Å²) >= 11 is 0. The van der Waals surface area contributed by atoms with Gasteiger partial charge in [0.05, 0.1) is 31.5 Å². The summed E-state index contributed by atoms with van der Waals surface area (Å²) in [4.78, 5) is 15.4.